The minimum Gasteiger partial charge on any atom is -0.496 e. The van der Waals surface area contributed by atoms with E-state index in [2.05, 4.69) is 5.32 Å². The van der Waals surface area contributed by atoms with E-state index in [1.165, 1.54) is 31.4 Å². The number of benzene rings is 2. The van der Waals surface area contributed by atoms with Gasteiger partial charge in [0.2, 0.25) is 12.7 Å². The molecule has 0 atom stereocenters. The molecule has 0 unspecified atom stereocenters. The monoisotopic (exact) mass is 430 g/mol. The molecule has 2 aliphatic rings. The van der Waals surface area contributed by atoms with Crippen molar-refractivity contribution in [3.63, 3.8) is 0 Å². The number of nitrogens with one attached hydrogen (secondary N) is 1. The zero-order chi connectivity index (χ0) is 21.3. The largest absolute Gasteiger partial charge is 0.496 e. The molecule has 0 aliphatic carbocycles. The Hall–Kier alpha value is -3.53. The standard InChI is InChI=1S/C20H15FN2O6S/c1-27-14-8-16-15(28-10-29-16)6-11(14)7-17-19(25)23(20(26)30-17)9-18(24)22-13-5-3-2-4-12(13)21/h2-8H,9-10H2,1H3,(H,22,24)/b17-7+. The van der Waals surface area contributed by atoms with Crippen LogP contribution in [0.25, 0.3) is 6.08 Å². The predicted octanol–water partition coefficient (Wildman–Crippen LogP) is 3.24. The van der Waals surface area contributed by atoms with Crippen molar-refractivity contribution in [1.82, 2.24) is 4.90 Å². The number of methoxy groups -OCH3 is 1. The van der Waals surface area contributed by atoms with Crippen LogP contribution in [0.4, 0.5) is 14.9 Å². The average Bonchev–Trinajstić information content (AvgIpc) is 3.28. The number of halogens is 1. The zero-order valence-electron chi connectivity index (χ0n) is 15.6. The predicted molar refractivity (Wildman–Crippen MR) is 107 cm³/mol. The lowest BCUT2D eigenvalue weighted by atomic mass is 10.1. The third-order valence-electron chi connectivity index (χ3n) is 4.33. The molecule has 2 aromatic carbocycles. The second-order valence-corrected chi connectivity index (χ2v) is 7.24. The van der Waals surface area contributed by atoms with Gasteiger partial charge in [-0.1, -0.05) is 12.1 Å². The summed E-state index contributed by atoms with van der Waals surface area (Å²) in [6, 6.07) is 8.88. The lowest BCUT2D eigenvalue weighted by Crippen LogP contribution is -2.36. The normalized spacial score (nSPS) is 16.3. The van der Waals surface area contributed by atoms with Gasteiger partial charge in [0.05, 0.1) is 17.7 Å². The number of hydrogen-bond donors (Lipinski definition) is 1. The maximum atomic E-state index is 13.7. The van der Waals surface area contributed by atoms with Gasteiger partial charge in [-0.15, -0.1) is 0 Å². The van der Waals surface area contributed by atoms with Gasteiger partial charge in [0.1, 0.15) is 18.1 Å². The van der Waals surface area contributed by atoms with Gasteiger partial charge in [-0.3, -0.25) is 19.3 Å². The highest BCUT2D eigenvalue weighted by molar-refractivity contribution is 8.18. The summed E-state index contributed by atoms with van der Waals surface area (Å²) in [6.07, 6.45) is 1.49. The van der Waals surface area contributed by atoms with Crippen LogP contribution in [0.1, 0.15) is 5.56 Å². The Morgan fingerprint density at radius 2 is 2.00 bits per heavy atom. The Bertz CT molecular complexity index is 1090. The fraction of sp³-hybridized carbons (Fsp3) is 0.150. The quantitative estimate of drug-likeness (QED) is 0.728. The first-order valence-corrected chi connectivity index (χ1v) is 9.55. The van der Waals surface area contributed by atoms with Crippen LogP contribution in [0.5, 0.6) is 17.2 Å². The molecule has 3 amide bonds. The zero-order valence-corrected chi connectivity index (χ0v) is 16.5. The van der Waals surface area contributed by atoms with Crippen LogP contribution in [0.15, 0.2) is 41.3 Å². The molecule has 0 aromatic heterocycles. The highest BCUT2D eigenvalue weighted by Crippen LogP contribution is 2.40. The van der Waals surface area contributed by atoms with Gasteiger partial charge in [-0.05, 0) is 36.0 Å². The second kappa shape index (κ2) is 8.07. The fourth-order valence-electron chi connectivity index (χ4n) is 2.90. The van der Waals surface area contributed by atoms with Crippen molar-refractivity contribution in [1.29, 1.82) is 0 Å². The number of imide groups is 1. The molecule has 4 rings (SSSR count). The van der Waals surface area contributed by atoms with Gasteiger partial charge in [-0.2, -0.15) is 0 Å². The second-order valence-electron chi connectivity index (χ2n) is 6.24. The Kier molecular flexibility index (Phi) is 5.32. The third-order valence-corrected chi connectivity index (χ3v) is 5.24. The molecule has 1 N–H and O–H groups in total. The van der Waals surface area contributed by atoms with Crippen molar-refractivity contribution in [2.24, 2.45) is 0 Å². The lowest BCUT2D eigenvalue weighted by Gasteiger charge is -2.12. The molecular weight excluding hydrogens is 415 g/mol. The molecule has 8 nitrogen and oxygen atoms in total. The van der Waals surface area contributed by atoms with Gasteiger partial charge in [0.25, 0.3) is 11.1 Å². The van der Waals surface area contributed by atoms with Crippen LogP contribution in [-0.4, -0.2) is 42.4 Å². The number of rotatable bonds is 5. The molecule has 154 valence electrons. The van der Waals surface area contributed by atoms with Crippen molar-refractivity contribution < 1.29 is 33.0 Å². The molecule has 0 radical (unpaired) electrons. The van der Waals surface area contributed by atoms with E-state index >= 15 is 0 Å². The van der Waals surface area contributed by atoms with Crippen molar-refractivity contribution in [3.8, 4) is 17.2 Å². The summed E-state index contributed by atoms with van der Waals surface area (Å²) < 4.78 is 29.6. The van der Waals surface area contributed by atoms with E-state index in [4.69, 9.17) is 14.2 Å². The van der Waals surface area contributed by atoms with Crippen LogP contribution >= 0.6 is 11.8 Å². The molecule has 30 heavy (non-hydrogen) atoms. The topological polar surface area (TPSA) is 94.2 Å². The van der Waals surface area contributed by atoms with Crippen molar-refractivity contribution in [2.75, 3.05) is 25.8 Å². The number of carbonyl (C=O) groups is 3. The maximum Gasteiger partial charge on any atom is 0.294 e. The lowest BCUT2D eigenvalue weighted by molar-refractivity contribution is -0.127. The van der Waals surface area contributed by atoms with Crippen molar-refractivity contribution in [2.45, 2.75) is 0 Å². The molecule has 1 fully saturated rings. The van der Waals surface area contributed by atoms with Gasteiger partial charge in [0.15, 0.2) is 11.5 Å². The summed E-state index contributed by atoms with van der Waals surface area (Å²) in [5.41, 5.74) is 0.484. The smallest absolute Gasteiger partial charge is 0.294 e. The summed E-state index contributed by atoms with van der Waals surface area (Å²) in [5.74, 6) is -0.497. The number of fused-ring (bicyclic) bond motifs is 1. The molecule has 10 heteroatoms. The number of hydrogen-bond acceptors (Lipinski definition) is 7. The number of nitrogens with zero attached hydrogens (tertiary/aromatic N) is 1. The van der Waals surface area contributed by atoms with E-state index in [0.29, 0.717) is 34.6 Å². The number of ether oxygens (including phenoxy) is 3. The first-order valence-electron chi connectivity index (χ1n) is 8.73. The highest BCUT2D eigenvalue weighted by atomic mass is 32.2. The number of amides is 3. The molecule has 1 saturated heterocycles. The molecule has 2 heterocycles. The minimum atomic E-state index is -0.690. The van der Waals surface area contributed by atoms with E-state index in [1.54, 1.807) is 18.2 Å². The summed E-state index contributed by atoms with van der Waals surface area (Å²) in [4.78, 5) is 38.1. The summed E-state index contributed by atoms with van der Waals surface area (Å²) in [7, 11) is 1.47. The van der Waals surface area contributed by atoms with E-state index < -0.39 is 29.4 Å². The Labute approximate surface area is 174 Å². The molecule has 0 bridgehead atoms. The van der Waals surface area contributed by atoms with Crippen LogP contribution < -0.4 is 19.5 Å². The van der Waals surface area contributed by atoms with Crippen molar-refractivity contribution >= 4 is 40.6 Å². The Morgan fingerprint density at radius 3 is 2.73 bits per heavy atom. The minimum absolute atomic E-state index is 0.0323. The van der Waals surface area contributed by atoms with Crippen molar-refractivity contribution in [3.05, 3.63) is 52.7 Å². The molecule has 2 aliphatic heterocycles. The highest BCUT2D eigenvalue weighted by Gasteiger charge is 2.36. The summed E-state index contributed by atoms with van der Waals surface area (Å²) >= 11 is 0.697. The SMILES string of the molecule is COc1cc2c(cc1/C=C1/SC(=O)N(CC(=O)Nc3ccccc3F)C1=O)OCO2. The van der Waals surface area contributed by atoms with E-state index in [9.17, 15) is 18.8 Å². The fourth-order valence-corrected chi connectivity index (χ4v) is 3.73. The van der Waals surface area contributed by atoms with E-state index in [0.717, 1.165) is 4.90 Å². The number of thioether (sulfide) groups is 1. The first kappa shape index (κ1) is 19.8. The van der Waals surface area contributed by atoms with E-state index in [1.807, 2.05) is 0 Å². The Balaban J connectivity index is 1.52. The average molecular weight is 430 g/mol. The maximum absolute atomic E-state index is 13.7. The third kappa shape index (κ3) is 3.81. The van der Waals surface area contributed by atoms with Crippen LogP contribution in [0.3, 0.4) is 0 Å². The van der Waals surface area contributed by atoms with Gasteiger partial charge in [0, 0.05) is 11.6 Å². The van der Waals surface area contributed by atoms with Gasteiger partial charge < -0.3 is 19.5 Å². The van der Waals surface area contributed by atoms with Crippen LogP contribution in [0, 0.1) is 5.82 Å². The molecule has 0 saturated carbocycles. The molecular formula is C20H15FN2O6S. The summed E-state index contributed by atoms with van der Waals surface area (Å²) in [5, 5.41) is 1.75. The number of anilines is 1. The number of para-hydroxylation sites is 1. The van der Waals surface area contributed by atoms with Crippen LogP contribution in [-0.2, 0) is 9.59 Å². The first-order chi connectivity index (χ1) is 14.5. The Morgan fingerprint density at radius 1 is 1.27 bits per heavy atom. The van der Waals surface area contributed by atoms with Gasteiger partial charge in [-0.25, -0.2) is 4.39 Å². The number of carbonyl (C=O) groups excluding carboxylic acids is 3. The van der Waals surface area contributed by atoms with Crippen LogP contribution in [0.2, 0.25) is 0 Å². The summed E-state index contributed by atoms with van der Waals surface area (Å²) in [6.45, 7) is -0.454. The molecule has 2 aromatic rings. The van der Waals surface area contributed by atoms with Gasteiger partial charge >= 0.3 is 0 Å². The molecule has 0 spiro atoms. The van der Waals surface area contributed by atoms with E-state index in [-0.39, 0.29) is 17.4 Å².